The third-order valence-corrected chi connectivity index (χ3v) is 3.90. The van der Waals surface area contributed by atoms with Gasteiger partial charge in [-0.15, -0.1) is 0 Å². The van der Waals surface area contributed by atoms with Crippen LogP contribution in [0.5, 0.6) is 0 Å². The van der Waals surface area contributed by atoms with Crippen LogP contribution < -0.4 is 5.32 Å². The summed E-state index contributed by atoms with van der Waals surface area (Å²) in [4.78, 5) is 0. The Hall–Kier alpha value is -0.460. The molecule has 1 nitrogen and oxygen atoms in total. The van der Waals surface area contributed by atoms with Crippen molar-refractivity contribution in [1.82, 2.24) is 5.32 Å². The number of allylic oxidation sites excluding steroid dienone is 1. The molecule has 15 heavy (non-hydrogen) atoms. The molecule has 0 spiro atoms. The Morgan fingerprint density at radius 2 is 1.73 bits per heavy atom. The van der Waals surface area contributed by atoms with Crippen LogP contribution in [-0.2, 0) is 0 Å². The van der Waals surface area contributed by atoms with Crippen molar-refractivity contribution in [2.75, 3.05) is 6.54 Å². The molecule has 0 bridgehead atoms. The largest absolute Gasteiger partial charge is 0.388 e. The smallest absolute Gasteiger partial charge is 0.0198 e. The Labute approximate surface area is 95.3 Å². The van der Waals surface area contributed by atoms with E-state index in [2.05, 4.69) is 53.4 Å². The molecule has 0 aromatic heterocycles. The van der Waals surface area contributed by atoms with Gasteiger partial charge in [-0.1, -0.05) is 48.1 Å². The third kappa shape index (κ3) is 2.38. The van der Waals surface area contributed by atoms with Crippen LogP contribution in [0.3, 0.4) is 0 Å². The molecule has 1 heteroatoms. The fourth-order valence-electron chi connectivity index (χ4n) is 3.41. The molecule has 0 aliphatic carbocycles. The molecule has 1 aliphatic heterocycles. The predicted octanol–water partition coefficient (Wildman–Crippen LogP) is 3.67. The second-order valence-electron chi connectivity index (χ2n) is 6.41. The summed E-state index contributed by atoms with van der Waals surface area (Å²) >= 11 is 0. The molecule has 0 amide bonds. The minimum absolute atomic E-state index is 0.379. The topological polar surface area (TPSA) is 12.0 Å². The van der Waals surface area contributed by atoms with Gasteiger partial charge in [-0.05, 0) is 23.2 Å². The van der Waals surface area contributed by atoms with E-state index in [1.807, 2.05) is 0 Å². The van der Waals surface area contributed by atoms with Crippen molar-refractivity contribution >= 4 is 0 Å². The van der Waals surface area contributed by atoms with E-state index in [4.69, 9.17) is 0 Å². The summed E-state index contributed by atoms with van der Waals surface area (Å²) in [7, 11) is 0. The molecular formula is C14H27N. The first-order valence-electron chi connectivity index (χ1n) is 6.20. The molecule has 1 N–H and O–H groups in total. The summed E-state index contributed by atoms with van der Waals surface area (Å²) in [5.74, 6) is 2.77. The lowest BCUT2D eigenvalue weighted by atomic mass is 9.61. The molecule has 0 saturated carbocycles. The van der Waals surface area contributed by atoms with Crippen LogP contribution in [0.4, 0.5) is 0 Å². The average Bonchev–Trinajstić information content (AvgIpc) is 2.07. The minimum Gasteiger partial charge on any atom is -0.388 e. The summed E-state index contributed by atoms with van der Waals surface area (Å²) in [6.07, 6.45) is 0. The highest BCUT2D eigenvalue weighted by Crippen LogP contribution is 2.46. The molecule has 1 rings (SSSR count). The van der Waals surface area contributed by atoms with Crippen molar-refractivity contribution in [3.05, 3.63) is 12.3 Å². The molecule has 1 fully saturated rings. The van der Waals surface area contributed by atoms with Crippen LogP contribution in [0.25, 0.3) is 0 Å². The number of hydrogen-bond acceptors (Lipinski definition) is 1. The first-order valence-corrected chi connectivity index (χ1v) is 6.20. The Balaban J connectivity index is 3.01. The number of rotatable bonds is 2. The molecule has 1 aliphatic rings. The van der Waals surface area contributed by atoms with Crippen molar-refractivity contribution in [3.8, 4) is 0 Å². The third-order valence-electron chi connectivity index (χ3n) is 3.90. The molecule has 2 atom stereocenters. The zero-order valence-electron chi connectivity index (χ0n) is 11.2. The van der Waals surface area contributed by atoms with Crippen LogP contribution in [-0.4, -0.2) is 6.54 Å². The van der Waals surface area contributed by atoms with Crippen molar-refractivity contribution < 1.29 is 0 Å². The Bertz CT molecular complexity index is 238. The molecule has 0 radical (unpaired) electrons. The molecular weight excluding hydrogens is 182 g/mol. The standard InChI is InChI=1S/C14H27N/c1-9(2)12-11(5)15-8-14(6,7)13(12)10(3)4/h9-10,12-13,15H,5,8H2,1-4,6-7H3. The molecule has 2 unspecified atom stereocenters. The molecule has 88 valence electrons. The maximum atomic E-state index is 4.20. The molecule has 0 aromatic carbocycles. The zero-order valence-corrected chi connectivity index (χ0v) is 11.2. The summed E-state index contributed by atoms with van der Waals surface area (Å²) in [6, 6.07) is 0. The fourth-order valence-corrected chi connectivity index (χ4v) is 3.41. The summed E-state index contributed by atoms with van der Waals surface area (Å²) in [5, 5.41) is 3.49. The van der Waals surface area contributed by atoms with E-state index in [9.17, 15) is 0 Å². The van der Waals surface area contributed by atoms with Gasteiger partial charge in [0.2, 0.25) is 0 Å². The van der Waals surface area contributed by atoms with Crippen LogP contribution in [0, 0.1) is 29.1 Å². The second kappa shape index (κ2) is 4.19. The van der Waals surface area contributed by atoms with E-state index in [1.54, 1.807) is 0 Å². The Kier molecular flexibility index (Phi) is 3.52. The lowest BCUT2D eigenvalue weighted by molar-refractivity contribution is 0.0532. The summed E-state index contributed by atoms with van der Waals surface area (Å²) in [6.45, 7) is 19.4. The van der Waals surface area contributed by atoms with Gasteiger partial charge in [-0.25, -0.2) is 0 Å². The fraction of sp³-hybridized carbons (Fsp3) is 0.857. The molecule has 1 saturated heterocycles. The maximum absolute atomic E-state index is 4.20. The van der Waals surface area contributed by atoms with E-state index in [0.29, 0.717) is 17.3 Å². The SMILES string of the molecule is C=C1NCC(C)(C)C(C(C)C)C1C(C)C. The number of nitrogens with one attached hydrogen (secondary N) is 1. The monoisotopic (exact) mass is 209 g/mol. The van der Waals surface area contributed by atoms with Gasteiger partial charge < -0.3 is 5.32 Å². The van der Waals surface area contributed by atoms with Gasteiger partial charge in [0, 0.05) is 18.2 Å². The van der Waals surface area contributed by atoms with E-state index in [-0.39, 0.29) is 0 Å². The number of piperidine rings is 1. The van der Waals surface area contributed by atoms with Gasteiger partial charge in [0.15, 0.2) is 0 Å². The van der Waals surface area contributed by atoms with Crippen LogP contribution in [0.2, 0.25) is 0 Å². The van der Waals surface area contributed by atoms with Gasteiger partial charge in [-0.2, -0.15) is 0 Å². The van der Waals surface area contributed by atoms with Crippen molar-refractivity contribution in [2.24, 2.45) is 29.1 Å². The van der Waals surface area contributed by atoms with E-state index in [0.717, 1.165) is 18.4 Å². The quantitative estimate of drug-likeness (QED) is 0.731. The van der Waals surface area contributed by atoms with Gasteiger partial charge >= 0.3 is 0 Å². The first kappa shape index (κ1) is 12.6. The van der Waals surface area contributed by atoms with Gasteiger partial charge in [0.05, 0.1) is 0 Å². The van der Waals surface area contributed by atoms with E-state index >= 15 is 0 Å². The highest BCUT2D eigenvalue weighted by Gasteiger charge is 2.43. The van der Waals surface area contributed by atoms with Gasteiger partial charge in [-0.3, -0.25) is 0 Å². The van der Waals surface area contributed by atoms with Gasteiger partial charge in [0.25, 0.3) is 0 Å². The highest BCUT2D eigenvalue weighted by atomic mass is 14.9. The van der Waals surface area contributed by atoms with Crippen LogP contribution in [0.15, 0.2) is 12.3 Å². The predicted molar refractivity (Wildman–Crippen MR) is 67.6 cm³/mol. The second-order valence-corrected chi connectivity index (χ2v) is 6.41. The van der Waals surface area contributed by atoms with E-state index < -0.39 is 0 Å². The Morgan fingerprint density at radius 1 is 1.20 bits per heavy atom. The number of hydrogen-bond donors (Lipinski definition) is 1. The summed E-state index contributed by atoms with van der Waals surface area (Å²) < 4.78 is 0. The lowest BCUT2D eigenvalue weighted by Crippen LogP contribution is -2.50. The maximum Gasteiger partial charge on any atom is 0.0198 e. The molecule has 0 aromatic rings. The van der Waals surface area contributed by atoms with Crippen LogP contribution >= 0.6 is 0 Å². The van der Waals surface area contributed by atoms with Gasteiger partial charge in [0.1, 0.15) is 0 Å². The average molecular weight is 209 g/mol. The first-order chi connectivity index (χ1) is 6.77. The van der Waals surface area contributed by atoms with Crippen molar-refractivity contribution in [1.29, 1.82) is 0 Å². The van der Waals surface area contributed by atoms with Crippen molar-refractivity contribution in [3.63, 3.8) is 0 Å². The summed E-state index contributed by atoms with van der Waals surface area (Å²) in [5.41, 5.74) is 1.63. The van der Waals surface area contributed by atoms with E-state index in [1.165, 1.54) is 5.70 Å². The normalized spacial score (nSPS) is 30.8. The lowest BCUT2D eigenvalue weighted by Gasteiger charge is -2.49. The highest BCUT2D eigenvalue weighted by molar-refractivity contribution is 5.10. The Morgan fingerprint density at radius 3 is 2.07 bits per heavy atom. The van der Waals surface area contributed by atoms with Crippen molar-refractivity contribution in [2.45, 2.75) is 41.5 Å². The minimum atomic E-state index is 0.379. The molecule has 1 heterocycles. The van der Waals surface area contributed by atoms with Crippen LogP contribution in [0.1, 0.15) is 41.5 Å². The zero-order chi connectivity index (χ0) is 11.8.